The van der Waals surface area contributed by atoms with Crippen LogP contribution in [0.3, 0.4) is 0 Å². The molecule has 27 heavy (non-hydrogen) atoms. The van der Waals surface area contributed by atoms with E-state index in [1.54, 1.807) is 19.1 Å². The number of thiazole rings is 1. The second kappa shape index (κ2) is 6.85. The Bertz CT molecular complexity index is 1190. The van der Waals surface area contributed by atoms with Crippen LogP contribution in [-0.2, 0) is 4.79 Å². The standard InChI is InChI=1S/C20H16N2O4S/c1-11-12(2)19(24)26-16-9-13(7-8-14(11)16)25-10-18(23)22-20-21-15-5-3-4-6-17(15)27-20/h3-9H,10H2,1-2H3,(H,21,22,23). The van der Waals surface area contributed by atoms with Crippen LogP contribution in [0, 0.1) is 13.8 Å². The molecule has 0 bridgehead atoms. The predicted octanol–water partition coefficient (Wildman–Crippen LogP) is 4.04. The van der Waals surface area contributed by atoms with E-state index >= 15 is 0 Å². The number of anilines is 1. The van der Waals surface area contributed by atoms with E-state index in [0.29, 0.717) is 22.0 Å². The number of fused-ring (bicyclic) bond motifs is 2. The third-order valence-electron chi connectivity index (χ3n) is 4.34. The van der Waals surface area contributed by atoms with E-state index in [1.807, 2.05) is 37.3 Å². The van der Waals surface area contributed by atoms with E-state index in [-0.39, 0.29) is 18.1 Å². The average molecular weight is 380 g/mol. The summed E-state index contributed by atoms with van der Waals surface area (Å²) in [7, 11) is 0. The van der Waals surface area contributed by atoms with E-state index in [2.05, 4.69) is 10.3 Å². The number of rotatable bonds is 4. The van der Waals surface area contributed by atoms with E-state index in [9.17, 15) is 9.59 Å². The maximum Gasteiger partial charge on any atom is 0.339 e. The maximum atomic E-state index is 12.1. The number of nitrogens with zero attached hydrogens (tertiary/aromatic N) is 1. The Kier molecular flexibility index (Phi) is 4.37. The summed E-state index contributed by atoms with van der Waals surface area (Å²) < 4.78 is 11.8. The molecule has 6 nitrogen and oxygen atoms in total. The van der Waals surface area contributed by atoms with Gasteiger partial charge in [-0.3, -0.25) is 10.1 Å². The van der Waals surface area contributed by atoms with Crippen molar-refractivity contribution in [2.75, 3.05) is 11.9 Å². The van der Waals surface area contributed by atoms with Crippen LogP contribution in [0.5, 0.6) is 5.75 Å². The fraction of sp³-hybridized carbons (Fsp3) is 0.150. The van der Waals surface area contributed by atoms with Gasteiger partial charge in [0.25, 0.3) is 5.91 Å². The number of para-hydroxylation sites is 1. The first-order chi connectivity index (χ1) is 13.0. The minimum absolute atomic E-state index is 0.170. The molecule has 0 atom stereocenters. The summed E-state index contributed by atoms with van der Waals surface area (Å²) in [4.78, 5) is 28.3. The van der Waals surface area contributed by atoms with Gasteiger partial charge in [0.15, 0.2) is 11.7 Å². The van der Waals surface area contributed by atoms with Crippen LogP contribution in [-0.4, -0.2) is 17.5 Å². The molecule has 0 aliphatic heterocycles. The smallest absolute Gasteiger partial charge is 0.339 e. The molecule has 1 amide bonds. The summed E-state index contributed by atoms with van der Waals surface area (Å²) in [5.41, 5.74) is 2.37. The molecule has 0 fully saturated rings. The summed E-state index contributed by atoms with van der Waals surface area (Å²) in [6.45, 7) is 3.44. The van der Waals surface area contributed by atoms with Crippen LogP contribution >= 0.6 is 11.3 Å². The molecule has 4 aromatic rings. The monoisotopic (exact) mass is 380 g/mol. The Balaban J connectivity index is 1.47. The lowest BCUT2D eigenvalue weighted by Gasteiger charge is -2.08. The van der Waals surface area contributed by atoms with Crippen molar-refractivity contribution in [3.8, 4) is 5.75 Å². The molecular formula is C20H16N2O4S. The van der Waals surface area contributed by atoms with Gasteiger partial charge in [0.2, 0.25) is 0 Å². The summed E-state index contributed by atoms with van der Waals surface area (Å²) in [5.74, 6) is 0.143. The van der Waals surface area contributed by atoms with Gasteiger partial charge in [-0.25, -0.2) is 9.78 Å². The molecule has 2 aromatic heterocycles. The van der Waals surface area contributed by atoms with E-state index < -0.39 is 0 Å². The van der Waals surface area contributed by atoms with Gasteiger partial charge in [0.05, 0.1) is 10.2 Å². The van der Waals surface area contributed by atoms with Gasteiger partial charge >= 0.3 is 5.63 Å². The molecule has 7 heteroatoms. The van der Waals surface area contributed by atoms with Crippen LogP contribution < -0.4 is 15.7 Å². The first kappa shape index (κ1) is 17.2. The largest absolute Gasteiger partial charge is 0.484 e. The number of carbonyl (C=O) groups excluding carboxylic acids is 1. The summed E-state index contributed by atoms with van der Waals surface area (Å²) >= 11 is 1.41. The quantitative estimate of drug-likeness (QED) is 0.541. The average Bonchev–Trinajstić information content (AvgIpc) is 3.06. The van der Waals surface area contributed by atoms with Crippen LogP contribution in [0.4, 0.5) is 5.13 Å². The van der Waals surface area contributed by atoms with E-state index in [4.69, 9.17) is 9.15 Å². The Hall–Kier alpha value is -3.19. The Morgan fingerprint density at radius 2 is 2.00 bits per heavy atom. The van der Waals surface area contributed by atoms with Crippen molar-refractivity contribution in [2.24, 2.45) is 0 Å². The zero-order valence-corrected chi connectivity index (χ0v) is 15.6. The van der Waals surface area contributed by atoms with Gasteiger partial charge in [-0.1, -0.05) is 23.5 Å². The second-order valence-electron chi connectivity index (χ2n) is 6.12. The molecule has 0 spiro atoms. The highest BCUT2D eigenvalue weighted by Gasteiger charge is 2.11. The van der Waals surface area contributed by atoms with Gasteiger partial charge < -0.3 is 9.15 Å². The first-order valence-electron chi connectivity index (χ1n) is 8.33. The molecule has 0 unspecified atom stereocenters. The molecule has 2 aromatic carbocycles. The fourth-order valence-corrected chi connectivity index (χ4v) is 3.63. The van der Waals surface area contributed by atoms with Crippen LogP contribution in [0.25, 0.3) is 21.2 Å². The Labute approximate surface area is 158 Å². The number of hydrogen-bond acceptors (Lipinski definition) is 6. The minimum Gasteiger partial charge on any atom is -0.484 e. The highest BCUT2D eigenvalue weighted by molar-refractivity contribution is 7.22. The molecule has 0 saturated carbocycles. The maximum absolute atomic E-state index is 12.1. The van der Waals surface area contributed by atoms with Crippen molar-refractivity contribution in [3.63, 3.8) is 0 Å². The Morgan fingerprint density at radius 1 is 1.19 bits per heavy atom. The normalized spacial score (nSPS) is 11.0. The highest BCUT2D eigenvalue weighted by atomic mass is 32.1. The van der Waals surface area contributed by atoms with Gasteiger partial charge in [-0.15, -0.1) is 0 Å². The summed E-state index contributed by atoms with van der Waals surface area (Å²) in [6.07, 6.45) is 0. The summed E-state index contributed by atoms with van der Waals surface area (Å²) in [5, 5.41) is 4.11. The Morgan fingerprint density at radius 3 is 2.81 bits per heavy atom. The summed E-state index contributed by atoms with van der Waals surface area (Å²) in [6, 6.07) is 12.9. The minimum atomic E-state index is -0.370. The second-order valence-corrected chi connectivity index (χ2v) is 7.15. The number of aromatic nitrogens is 1. The number of nitrogens with one attached hydrogen (secondary N) is 1. The lowest BCUT2D eigenvalue weighted by molar-refractivity contribution is -0.118. The lowest BCUT2D eigenvalue weighted by atomic mass is 10.1. The fourth-order valence-electron chi connectivity index (χ4n) is 2.75. The molecule has 4 rings (SSSR count). The molecule has 2 heterocycles. The number of hydrogen-bond donors (Lipinski definition) is 1. The number of benzene rings is 2. The van der Waals surface area contributed by atoms with Crippen molar-refractivity contribution >= 4 is 43.6 Å². The van der Waals surface area contributed by atoms with Crippen molar-refractivity contribution in [1.29, 1.82) is 0 Å². The van der Waals surface area contributed by atoms with Crippen LogP contribution in [0.1, 0.15) is 11.1 Å². The number of ether oxygens (including phenoxy) is 1. The molecule has 0 radical (unpaired) electrons. The number of amides is 1. The van der Waals surface area contributed by atoms with Crippen molar-refractivity contribution in [2.45, 2.75) is 13.8 Å². The topological polar surface area (TPSA) is 81.4 Å². The van der Waals surface area contributed by atoms with Crippen LogP contribution in [0.2, 0.25) is 0 Å². The van der Waals surface area contributed by atoms with Crippen molar-refractivity contribution in [1.82, 2.24) is 4.98 Å². The van der Waals surface area contributed by atoms with Gasteiger partial charge in [0, 0.05) is 17.0 Å². The zero-order chi connectivity index (χ0) is 19.0. The molecule has 0 aliphatic carbocycles. The highest BCUT2D eigenvalue weighted by Crippen LogP contribution is 2.26. The predicted molar refractivity (Wildman–Crippen MR) is 106 cm³/mol. The van der Waals surface area contributed by atoms with E-state index in [1.165, 1.54) is 11.3 Å². The third-order valence-corrected chi connectivity index (χ3v) is 5.29. The van der Waals surface area contributed by atoms with Crippen molar-refractivity contribution < 1.29 is 13.9 Å². The van der Waals surface area contributed by atoms with Crippen molar-refractivity contribution in [3.05, 3.63) is 64.0 Å². The van der Waals surface area contributed by atoms with E-state index in [0.717, 1.165) is 21.2 Å². The van der Waals surface area contributed by atoms with Crippen LogP contribution in [0.15, 0.2) is 51.7 Å². The van der Waals surface area contributed by atoms with Gasteiger partial charge in [0.1, 0.15) is 11.3 Å². The first-order valence-corrected chi connectivity index (χ1v) is 9.15. The van der Waals surface area contributed by atoms with Gasteiger partial charge in [-0.05, 0) is 43.7 Å². The molecule has 136 valence electrons. The third kappa shape index (κ3) is 3.41. The van der Waals surface area contributed by atoms with Gasteiger partial charge in [-0.2, -0.15) is 0 Å². The molecular weight excluding hydrogens is 364 g/mol. The number of carbonyl (C=O) groups is 1. The lowest BCUT2D eigenvalue weighted by Crippen LogP contribution is -2.20. The SMILES string of the molecule is Cc1c(C)c2ccc(OCC(=O)Nc3nc4ccccc4s3)cc2oc1=O. The molecule has 0 saturated heterocycles. The molecule has 0 aliphatic rings. The zero-order valence-electron chi connectivity index (χ0n) is 14.7. The molecule has 1 N–H and O–H groups in total. The number of aryl methyl sites for hydroxylation is 1.